The van der Waals surface area contributed by atoms with E-state index in [9.17, 15) is 17.6 Å². The highest BCUT2D eigenvalue weighted by atomic mass is 19.3. The Balaban J connectivity index is 2.46. The third-order valence-corrected chi connectivity index (χ3v) is 2.08. The number of rotatable bonds is 5. The molecule has 1 nitrogen and oxygen atoms in total. The summed E-state index contributed by atoms with van der Waals surface area (Å²) in [5.41, 5.74) is 0.325. The topological polar surface area (TPSA) is 9.23 Å². The molecule has 0 amide bonds. The number of ether oxygens (including phenoxy) is 1. The summed E-state index contributed by atoms with van der Waals surface area (Å²) in [5, 5.41) is 0. The van der Waals surface area contributed by atoms with Crippen molar-refractivity contribution in [2.75, 3.05) is 6.61 Å². The molecular weight excluding hydrogens is 224 g/mol. The summed E-state index contributed by atoms with van der Waals surface area (Å²) < 4.78 is 55.5. The molecule has 0 saturated carbocycles. The molecule has 16 heavy (non-hydrogen) atoms. The monoisotopic (exact) mass is 236 g/mol. The number of halogens is 4. The molecule has 0 unspecified atom stereocenters. The molecule has 0 radical (unpaired) electrons. The lowest BCUT2D eigenvalue weighted by Gasteiger charge is -2.13. The van der Waals surface area contributed by atoms with Crippen LogP contribution in [0.3, 0.4) is 0 Å². The smallest absolute Gasteiger partial charge is 0.270 e. The number of hydrogen-bond donors (Lipinski definition) is 0. The third-order valence-electron chi connectivity index (χ3n) is 2.08. The highest BCUT2D eigenvalue weighted by Crippen LogP contribution is 2.18. The largest absolute Gasteiger partial charge is 0.371 e. The fourth-order valence-electron chi connectivity index (χ4n) is 1.05. The zero-order valence-electron chi connectivity index (χ0n) is 8.77. The van der Waals surface area contributed by atoms with Crippen molar-refractivity contribution < 1.29 is 22.3 Å². The van der Waals surface area contributed by atoms with E-state index in [0.717, 1.165) is 12.1 Å². The zero-order chi connectivity index (χ0) is 12.2. The molecule has 0 aliphatic heterocycles. The second kappa shape index (κ2) is 5.30. The molecule has 90 valence electrons. The van der Waals surface area contributed by atoms with Crippen molar-refractivity contribution in [1.29, 1.82) is 0 Å². The van der Waals surface area contributed by atoms with Gasteiger partial charge in [-0.3, -0.25) is 0 Å². The molecular formula is C11H12F4O. The van der Waals surface area contributed by atoms with Gasteiger partial charge in [0.25, 0.3) is 5.92 Å². The van der Waals surface area contributed by atoms with Gasteiger partial charge in [0.15, 0.2) is 11.6 Å². The standard InChI is InChI=1S/C11H12F4O/c1-2-11(14,15)7-16-6-8-3-4-9(12)10(13)5-8/h3-5H,2,6-7H2,1H3. The van der Waals surface area contributed by atoms with Crippen LogP contribution in [-0.4, -0.2) is 12.5 Å². The number of benzene rings is 1. The molecule has 0 bridgehead atoms. The van der Waals surface area contributed by atoms with E-state index in [2.05, 4.69) is 0 Å². The first-order valence-corrected chi connectivity index (χ1v) is 4.84. The lowest BCUT2D eigenvalue weighted by molar-refractivity contribution is -0.0834. The van der Waals surface area contributed by atoms with Gasteiger partial charge in [-0.05, 0) is 17.7 Å². The van der Waals surface area contributed by atoms with Gasteiger partial charge in [0, 0.05) is 6.42 Å². The molecule has 0 aliphatic rings. The van der Waals surface area contributed by atoms with Crippen molar-refractivity contribution in [1.82, 2.24) is 0 Å². The Labute approximate surface area is 91.0 Å². The first-order chi connectivity index (χ1) is 7.44. The third kappa shape index (κ3) is 3.81. The molecule has 0 aliphatic carbocycles. The fourth-order valence-corrected chi connectivity index (χ4v) is 1.05. The summed E-state index contributed by atoms with van der Waals surface area (Å²) in [6.07, 6.45) is -0.315. The molecule has 0 N–H and O–H groups in total. The van der Waals surface area contributed by atoms with Gasteiger partial charge in [-0.25, -0.2) is 17.6 Å². The van der Waals surface area contributed by atoms with E-state index in [0.29, 0.717) is 5.56 Å². The molecule has 0 heterocycles. The lowest BCUT2D eigenvalue weighted by atomic mass is 10.2. The normalized spacial score (nSPS) is 11.8. The van der Waals surface area contributed by atoms with Crippen LogP contribution in [0.2, 0.25) is 0 Å². The van der Waals surface area contributed by atoms with Gasteiger partial charge >= 0.3 is 0 Å². The molecule has 0 spiro atoms. The summed E-state index contributed by atoms with van der Waals surface area (Å²) in [6.45, 7) is 0.468. The first-order valence-electron chi connectivity index (χ1n) is 4.84. The van der Waals surface area contributed by atoms with E-state index in [1.807, 2.05) is 0 Å². The summed E-state index contributed by atoms with van der Waals surface area (Å²) in [4.78, 5) is 0. The van der Waals surface area contributed by atoms with Gasteiger partial charge in [0.2, 0.25) is 0 Å². The van der Waals surface area contributed by atoms with Crippen LogP contribution < -0.4 is 0 Å². The number of hydrogen-bond acceptors (Lipinski definition) is 1. The Hall–Kier alpha value is -1.10. The Bertz CT molecular complexity index is 352. The van der Waals surface area contributed by atoms with Crippen LogP contribution in [0.4, 0.5) is 17.6 Å². The minimum Gasteiger partial charge on any atom is -0.371 e. The van der Waals surface area contributed by atoms with Gasteiger partial charge < -0.3 is 4.74 Å². The maximum Gasteiger partial charge on any atom is 0.270 e. The van der Waals surface area contributed by atoms with Crippen molar-refractivity contribution in [2.45, 2.75) is 25.9 Å². The van der Waals surface area contributed by atoms with Crippen LogP contribution in [0, 0.1) is 11.6 Å². The summed E-state index contributed by atoms with van der Waals surface area (Å²) in [6, 6.07) is 3.16. The van der Waals surface area contributed by atoms with Crippen molar-refractivity contribution in [2.24, 2.45) is 0 Å². The average molecular weight is 236 g/mol. The first kappa shape index (κ1) is 13.0. The van der Waals surface area contributed by atoms with Crippen molar-refractivity contribution in [3.63, 3.8) is 0 Å². The SMILES string of the molecule is CCC(F)(F)COCc1ccc(F)c(F)c1. The molecule has 1 rings (SSSR count). The van der Waals surface area contributed by atoms with Crippen LogP contribution in [0.25, 0.3) is 0 Å². The summed E-state index contributed by atoms with van der Waals surface area (Å²) in [7, 11) is 0. The van der Waals surface area contributed by atoms with Gasteiger partial charge in [0.05, 0.1) is 6.61 Å². The van der Waals surface area contributed by atoms with Crippen molar-refractivity contribution >= 4 is 0 Å². The van der Waals surface area contributed by atoms with Gasteiger partial charge in [-0.1, -0.05) is 13.0 Å². The number of alkyl halides is 2. The minimum atomic E-state index is -2.88. The van der Waals surface area contributed by atoms with Gasteiger partial charge in [0.1, 0.15) is 6.61 Å². The highest BCUT2D eigenvalue weighted by Gasteiger charge is 2.26. The Kier molecular flexibility index (Phi) is 4.29. The summed E-state index contributed by atoms with van der Waals surface area (Å²) in [5.74, 6) is -4.86. The van der Waals surface area contributed by atoms with Crippen LogP contribution in [0.5, 0.6) is 0 Å². The quantitative estimate of drug-likeness (QED) is 0.710. The Morgan fingerprint density at radius 2 is 1.88 bits per heavy atom. The zero-order valence-corrected chi connectivity index (χ0v) is 8.77. The molecule has 5 heteroatoms. The lowest BCUT2D eigenvalue weighted by Crippen LogP contribution is -2.22. The van der Waals surface area contributed by atoms with Gasteiger partial charge in [-0.15, -0.1) is 0 Å². The van der Waals surface area contributed by atoms with E-state index in [1.54, 1.807) is 0 Å². The van der Waals surface area contributed by atoms with E-state index in [1.165, 1.54) is 13.0 Å². The molecule has 0 fully saturated rings. The van der Waals surface area contributed by atoms with Crippen LogP contribution >= 0.6 is 0 Å². The molecule has 0 aromatic heterocycles. The van der Waals surface area contributed by atoms with Crippen molar-refractivity contribution in [3.8, 4) is 0 Å². The van der Waals surface area contributed by atoms with Crippen LogP contribution in [-0.2, 0) is 11.3 Å². The van der Waals surface area contributed by atoms with E-state index < -0.39 is 24.2 Å². The molecule has 1 aromatic rings. The van der Waals surface area contributed by atoms with E-state index in [-0.39, 0.29) is 13.0 Å². The Morgan fingerprint density at radius 3 is 2.44 bits per heavy atom. The van der Waals surface area contributed by atoms with Gasteiger partial charge in [-0.2, -0.15) is 0 Å². The Morgan fingerprint density at radius 1 is 1.19 bits per heavy atom. The second-order valence-corrected chi connectivity index (χ2v) is 3.45. The highest BCUT2D eigenvalue weighted by molar-refractivity contribution is 5.16. The predicted molar refractivity (Wildman–Crippen MR) is 51.3 cm³/mol. The second-order valence-electron chi connectivity index (χ2n) is 3.45. The minimum absolute atomic E-state index is 0.160. The average Bonchev–Trinajstić information content (AvgIpc) is 2.23. The summed E-state index contributed by atoms with van der Waals surface area (Å²) >= 11 is 0. The fraction of sp³-hybridized carbons (Fsp3) is 0.455. The molecule has 0 saturated heterocycles. The van der Waals surface area contributed by atoms with Crippen molar-refractivity contribution in [3.05, 3.63) is 35.4 Å². The van der Waals surface area contributed by atoms with Crippen LogP contribution in [0.15, 0.2) is 18.2 Å². The predicted octanol–water partition coefficient (Wildman–Crippen LogP) is 3.53. The maximum atomic E-state index is 12.7. The van der Waals surface area contributed by atoms with E-state index >= 15 is 0 Å². The molecule has 1 aromatic carbocycles. The van der Waals surface area contributed by atoms with Crippen LogP contribution in [0.1, 0.15) is 18.9 Å². The maximum absolute atomic E-state index is 12.7. The van der Waals surface area contributed by atoms with E-state index in [4.69, 9.17) is 4.74 Å². The molecule has 0 atom stereocenters.